The minimum atomic E-state index is -0.0797. The largest absolute Gasteiger partial charge is 0.493 e. The minimum Gasteiger partial charge on any atom is -0.493 e. The molecule has 0 aliphatic carbocycles. The van der Waals surface area contributed by atoms with Crippen LogP contribution in [0.5, 0.6) is 5.75 Å². The maximum Gasteiger partial charge on any atom is 0.251 e. The molecule has 1 aromatic heterocycles. The third kappa shape index (κ3) is 3.05. The lowest BCUT2D eigenvalue weighted by molar-refractivity contribution is 0.0963. The Labute approximate surface area is 124 Å². The topological polar surface area (TPSA) is 51.2 Å². The Morgan fingerprint density at radius 2 is 2.24 bits per heavy atom. The van der Waals surface area contributed by atoms with E-state index in [1.165, 1.54) is 5.56 Å². The smallest absolute Gasteiger partial charge is 0.251 e. The van der Waals surface area contributed by atoms with Crippen molar-refractivity contribution in [1.29, 1.82) is 0 Å². The van der Waals surface area contributed by atoms with Crippen LogP contribution in [0.1, 0.15) is 21.6 Å². The number of hydrogen-bond donors (Lipinski definition) is 1. The second kappa shape index (κ2) is 5.95. The highest BCUT2D eigenvalue weighted by atomic mass is 16.5. The number of rotatable bonds is 3. The number of pyridine rings is 1. The lowest BCUT2D eigenvalue weighted by Gasteiger charge is -2.25. The Hall–Kier alpha value is -2.36. The van der Waals surface area contributed by atoms with Gasteiger partial charge in [0.1, 0.15) is 5.75 Å². The fraction of sp³-hybridized carbons (Fsp3) is 0.294. The molecular formula is C17H18N2O2. The molecule has 21 heavy (non-hydrogen) atoms. The monoisotopic (exact) mass is 282 g/mol. The highest BCUT2D eigenvalue weighted by Gasteiger charge is 2.20. The fourth-order valence-corrected chi connectivity index (χ4v) is 2.69. The van der Waals surface area contributed by atoms with E-state index in [-0.39, 0.29) is 5.91 Å². The number of carbonyl (C=O) groups is 1. The van der Waals surface area contributed by atoms with Gasteiger partial charge < -0.3 is 10.1 Å². The van der Waals surface area contributed by atoms with Gasteiger partial charge in [-0.15, -0.1) is 0 Å². The van der Waals surface area contributed by atoms with E-state index in [0.717, 1.165) is 24.3 Å². The van der Waals surface area contributed by atoms with Gasteiger partial charge in [0.05, 0.1) is 6.61 Å². The third-order valence-electron chi connectivity index (χ3n) is 3.76. The lowest BCUT2D eigenvalue weighted by atomic mass is 9.92. The van der Waals surface area contributed by atoms with Crippen LogP contribution in [0.3, 0.4) is 0 Å². The first-order valence-corrected chi connectivity index (χ1v) is 7.14. The van der Waals surface area contributed by atoms with Crippen molar-refractivity contribution in [2.24, 2.45) is 5.92 Å². The normalized spacial score (nSPS) is 16.7. The molecule has 0 spiro atoms. The van der Waals surface area contributed by atoms with Gasteiger partial charge in [-0.2, -0.15) is 0 Å². The highest BCUT2D eigenvalue weighted by Crippen LogP contribution is 2.28. The average molecular weight is 282 g/mol. The van der Waals surface area contributed by atoms with Gasteiger partial charge >= 0.3 is 0 Å². The first kappa shape index (κ1) is 13.6. The van der Waals surface area contributed by atoms with Crippen molar-refractivity contribution in [2.45, 2.75) is 12.8 Å². The first-order chi connectivity index (χ1) is 10.3. The summed E-state index contributed by atoms with van der Waals surface area (Å²) in [6, 6.07) is 11.7. The van der Waals surface area contributed by atoms with Crippen LogP contribution < -0.4 is 10.1 Å². The molecule has 2 heterocycles. The van der Waals surface area contributed by atoms with E-state index >= 15 is 0 Å². The van der Waals surface area contributed by atoms with E-state index < -0.39 is 0 Å². The first-order valence-electron chi connectivity index (χ1n) is 7.14. The molecule has 1 aliphatic rings. The predicted molar refractivity (Wildman–Crippen MR) is 80.5 cm³/mol. The van der Waals surface area contributed by atoms with Crippen molar-refractivity contribution in [3.8, 4) is 5.75 Å². The number of ether oxygens (including phenoxy) is 1. The van der Waals surface area contributed by atoms with E-state index in [0.29, 0.717) is 18.1 Å². The molecule has 0 bridgehead atoms. The summed E-state index contributed by atoms with van der Waals surface area (Å²) in [7, 11) is 1.63. The molecule has 1 aliphatic heterocycles. The molecule has 1 N–H and O–H groups in total. The maximum atomic E-state index is 11.7. The Morgan fingerprint density at radius 3 is 3.10 bits per heavy atom. The fourth-order valence-electron chi connectivity index (χ4n) is 2.69. The van der Waals surface area contributed by atoms with Crippen LogP contribution in [0, 0.1) is 5.92 Å². The van der Waals surface area contributed by atoms with Gasteiger partial charge in [0.2, 0.25) is 0 Å². The van der Waals surface area contributed by atoms with Gasteiger partial charge in [0.15, 0.2) is 0 Å². The van der Waals surface area contributed by atoms with Crippen LogP contribution in [0.2, 0.25) is 0 Å². The Bertz CT molecular complexity index is 655. The number of fused-ring (bicyclic) bond motifs is 1. The SMILES string of the molecule is CNC(=O)c1ccnc(C[C@H]2COc3ccccc3C2)c1. The van der Waals surface area contributed by atoms with Crippen LogP contribution in [0.15, 0.2) is 42.6 Å². The van der Waals surface area contributed by atoms with E-state index in [1.807, 2.05) is 24.3 Å². The van der Waals surface area contributed by atoms with Gasteiger partial charge in [0.25, 0.3) is 5.91 Å². The number of carbonyl (C=O) groups excluding carboxylic acids is 1. The molecule has 1 amide bonds. The summed E-state index contributed by atoms with van der Waals surface area (Å²) in [5.74, 6) is 1.30. The molecule has 0 unspecified atom stereocenters. The van der Waals surface area contributed by atoms with Crippen molar-refractivity contribution in [2.75, 3.05) is 13.7 Å². The Morgan fingerprint density at radius 1 is 1.38 bits per heavy atom. The molecule has 1 atom stereocenters. The van der Waals surface area contributed by atoms with Gasteiger partial charge in [-0.3, -0.25) is 9.78 Å². The number of nitrogens with zero attached hydrogens (tertiary/aromatic N) is 1. The summed E-state index contributed by atoms with van der Waals surface area (Å²) in [5.41, 5.74) is 2.83. The second-order valence-corrected chi connectivity index (χ2v) is 5.31. The Balaban J connectivity index is 1.72. The molecule has 0 fully saturated rings. The minimum absolute atomic E-state index is 0.0797. The number of hydrogen-bond acceptors (Lipinski definition) is 3. The number of benzene rings is 1. The van der Waals surface area contributed by atoms with Gasteiger partial charge in [-0.1, -0.05) is 18.2 Å². The van der Waals surface area contributed by atoms with Crippen LogP contribution in [-0.4, -0.2) is 24.5 Å². The number of nitrogens with one attached hydrogen (secondary N) is 1. The van der Waals surface area contributed by atoms with Crippen molar-refractivity contribution in [3.05, 3.63) is 59.4 Å². The molecule has 4 heteroatoms. The molecule has 0 radical (unpaired) electrons. The van der Waals surface area contributed by atoms with Crippen LogP contribution in [-0.2, 0) is 12.8 Å². The van der Waals surface area contributed by atoms with E-state index in [1.54, 1.807) is 19.3 Å². The summed E-state index contributed by atoms with van der Waals surface area (Å²) in [4.78, 5) is 16.0. The summed E-state index contributed by atoms with van der Waals surface area (Å²) in [6.07, 6.45) is 3.50. The van der Waals surface area contributed by atoms with Gasteiger partial charge in [0, 0.05) is 30.4 Å². The molecule has 1 aromatic carbocycles. The molecule has 3 rings (SSSR count). The standard InChI is InChI=1S/C17H18N2O2/c1-18-17(20)14-6-7-19-15(10-14)9-12-8-13-4-2-3-5-16(13)21-11-12/h2-7,10,12H,8-9,11H2,1H3,(H,18,20)/t12-/m0/s1. The molecule has 0 saturated heterocycles. The van der Waals surface area contributed by atoms with Gasteiger partial charge in [-0.25, -0.2) is 0 Å². The average Bonchev–Trinajstić information content (AvgIpc) is 2.54. The van der Waals surface area contributed by atoms with E-state index in [4.69, 9.17) is 4.74 Å². The Kier molecular flexibility index (Phi) is 3.86. The molecule has 4 nitrogen and oxygen atoms in total. The summed E-state index contributed by atoms with van der Waals surface area (Å²) >= 11 is 0. The quantitative estimate of drug-likeness (QED) is 0.939. The molecule has 2 aromatic rings. The zero-order valence-corrected chi connectivity index (χ0v) is 12.0. The van der Waals surface area contributed by atoms with Crippen molar-refractivity contribution < 1.29 is 9.53 Å². The van der Waals surface area contributed by atoms with E-state index in [9.17, 15) is 4.79 Å². The second-order valence-electron chi connectivity index (χ2n) is 5.31. The summed E-state index contributed by atoms with van der Waals surface area (Å²) < 4.78 is 5.80. The summed E-state index contributed by atoms with van der Waals surface area (Å²) in [5, 5.41) is 2.63. The van der Waals surface area contributed by atoms with Crippen LogP contribution in [0.25, 0.3) is 0 Å². The van der Waals surface area contributed by atoms with Gasteiger partial charge in [-0.05, 0) is 36.6 Å². The van der Waals surface area contributed by atoms with Crippen molar-refractivity contribution >= 4 is 5.91 Å². The zero-order valence-electron chi connectivity index (χ0n) is 12.0. The predicted octanol–water partition coefficient (Wildman–Crippen LogP) is 2.24. The molecule has 108 valence electrons. The van der Waals surface area contributed by atoms with Crippen LogP contribution >= 0.6 is 0 Å². The van der Waals surface area contributed by atoms with Crippen LogP contribution in [0.4, 0.5) is 0 Å². The van der Waals surface area contributed by atoms with Crippen molar-refractivity contribution in [3.63, 3.8) is 0 Å². The highest BCUT2D eigenvalue weighted by molar-refractivity contribution is 5.93. The number of para-hydroxylation sites is 1. The third-order valence-corrected chi connectivity index (χ3v) is 3.76. The molecule has 0 saturated carbocycles. The number of aromatic nitrogens is 1. The number of amides is 1. The maximum absolute atomic E-state index is 11.7. The zero-order chi connectivity index (χ0) is 14.7. The molecular weight excluding hydrogens is 264 g/mol. The lowest BCUT2D eigenvalue weighted by Crippen LogP contribution is -2.23. The van der Waals surface area contributed by atoms with Crippen molar-refractivity contribution in [1.82, 2.24) is 10.3 Å². The van der Waals surface area contributed by atoms with E-state index in [2.05, 4.69) is 16.4 Å². The summed E-state index contributed by atoms with van der Waals surface area (Å²) in [6.45, 7) is 0.697.